The minimum atomic E-state index is -0.448. The number of amides is 1. The van der Waals surface area contributed by atoms with Crippen molar-refractivity contribution in [3.63, 3.8) is 0 Å². The molecule has 0 unspecified atom stereocenters. The number of para-hydroxylation sites is 2. The molecule has 3 aromatic rings. The molecule has 0 aliphatic heterocycles. The topological polar surface area (TPSA) is 68.5 Å². The number of ether oxygens (including phenoxy) is 1. The van der Waals surface area contributed by atoms with Gasteiger partial charge in [0.2, 0.25) is 0 Å². The van der Waals surface area contributed by atoms with Crippen LogP contribution in [0.2, 0.25) is 0 Å². The highest BCUT2D eigenvalue weighted by atomic mass is 16.5. The van der Waals surface area contributed by atoms with Gasteiger partial charge in [0.1, 0.15) is 5.58 Å². The van der Waals surface area contributed by atoms with Gasteiger partial charge in [0, 0.05) is 10.9 Å². The summed E-state index contributed by atoms with van der Waals surface area (Å²) in [5, 5.41) is 3.66. The van der Waals surface area contributed by atoms with Crippen molar-refractivity contribution >= 4 is 28.5 Å². The van der Waals surface area contributed by atoms with E-state index in [2.05, 4.69) is 5.32 Å². The number of carbonyl (C=O) groups excluding carboxylic acids is 2. The number of hydrogen-bond donors (Lipinski definition) is 1. The molecule has 5 nitrogen and oxygen atoms in total. The van der Waals surface area contributed by atoms with Gasteiger partial charge < -0.3 is 14.5 Å². The van der Waals surface area contributed by atoms with Crippen molar-refractivity contribution in [2.75, 3.05) is 11.9 Å². The molecule has 0 radical (unpaired) electrons. The summed E-state index contributed by atoms with van der Waals surface area (Å²) in [6.45, 7) is 4.23. The van der Waals surface area contributed by atoms with Crippen LogP contribution in [0.3, 0.4) is 0 Å². The molecule has 0 aliphatic carbocycles. The van der Waals surface area contributed by atoms with Gasteiger partial charge in [0.25, 0.3) is 5.91 Å². The van der Waals surface area contributed by atoms with Crippen LogP contribution < -0.4 is 5.32 Å². The molecule has 0 aliphatic rings. The first-order valence-corrected chi connectivity index (χ1v) is 8.67. The summed E-state index contributed by atoms with van der Waals surface area (Å²) < 4.78 is 10.9. The second-order valence-electron chi connectivity index (χ2n) is 6.04. The molecule has 1 N–H and O–H groups in total. The normalized spacial score (nSPS) is 10.7. The standard InChI is InChI=1S/C21H21NO4/c1-3-4-13-25-21(24)16-10-5-7-11-17(16)22-20(23)19-14(2)15-9-6-8-12-18(15)26-19/h5-12H,3-4,13H2,1-2H3,(H,22,23). The van der Waals surface area contributed by atoms with E-state index in [-0.39, 0.29) is 5.76 Å². The fourth-order valence-electron chi connectivity index (χ4n) is 2.73. The van der Waals surface area contributed by atoms with Crippen LogP contribution in [-0.2, 0) is 4.74 Å². The van der Waals surface area contributed by atoms with Gasteiger partial charge in [-0.3, -0.25) is 4.79 Å². The first-order valence-electron chi connectivity index (χ1n) is 8.67. The van der Waals surface area contributed by atoms with E-state index in [4.69, 9.17) is 9.15 Å². The Morgan fingerprint density at radius 1 is 1.08 bits per heavy atom. The number of carbonyl (C=O) groups is 2. The fraction of sp³-hybridized carbons (Fsp3) is 0.238. The largest absolute Gasteiger partial charge is 0.462 e. The lowest BCUT2D eigenvalue weighted by molar-refractivity contribution is 0.0501. The molecule has 134 valence electrons. The number of anilines is 1. The number of hydrogen-bond acceptors (Lipinski definition) is 4. The van der Waals surface area contributed by atoms with E-state index >= 15 is 0 Å². The third-order valence-electron chi connectivity index (χ3n) is 4.18. The van der Waals surface area contributed by atoms with Gasteiger partial charge >= 0.3 is 5.97 Å². The van der Waals surface area contributed by atoms with Gasteiger partial charge in [-0.25, -0.2) is 4.79 Å². The Morgan fingerprint density at radius 3 is 2.58 bits per heavy atom. The smallest absolute Gasteiger partial charge is 0.340 e. The van der Waals surface area contributed by atoms with Crippen LogP contribution in [0.25, 0.3) is 11.0 Å². The molecule has 0 fully saturated rings. The Bertz CT molecular complexity index is 942. The lowest BCUT2D eigenvalue weighted by Gasteiger charge is -2.10. The zero-order valence-electron chi connectivity index (χ0n) is 14.9. The molecule has 1 heterocycles. The van der Waals surface area contributed by atoms with Crippen LogP contribution in [0, 0.1) is 6.92 Å². The maximum Gasteiger partial charge on any atom is 0.340 e. The number of fused-ring (bicyclic) bond motifs is 1. The number of nitrogens with one attached hydrogen (secondary N) is 1. The van der Waals surface area contributed by atoms with E-state index in [0.29, 0.717) is 23.4 Å². The number of furan rings is 1. The molecule has 0 spiro atoms. The molecule has 5 heteroatoms. The molecule has 0 saturated carbocycles. The van der Waals surface area contributed by atoms with Crippen molar-refractivity contribution in [2.45, 2.75) is 26.7 Å². The van der Waals surface area contributed by atoms with E-state index in [0.717, 1.165) is 23.8 Å². The van der Waals surface area contributed by atoms with Crippen molar-refractivity contribution in [3.8, 4) is 0 Å². The quantitative estimate of drug-likeness (QED) is 0.504. The molecule has 0 atom stereocenters. The third-order valence-corrected chi connectivity index (χ3v) is 4.18. The van der Waals surface area contributed by atoms with Crippen LogP contribution >= 0.6 is 0 Å². The van der Waals surface area contributed by atoms with E-state index in [1.165, 1.54) is 0 Å². The van der Waals surface area contributed by atoms with Gasteiger partial charge in [-0.2, -0.15) is 0 Å². The predicted octanol–water partition coefficient (Wildman–Crippen LogP) is 4.95. The SMILES string of the molecule is CCCCOC(=O)c1ccccc1NC(=O)c1oc2ccccc2c1C. The highest BCUT2D eigenvalue weighted by Gasteiger charge is 2.20. The van der Waals surface area contributed by atoms with Crippen LogP contribution in [0.15, 0.2) is 52.9 Å². The van der Waals surface area contributed by atoms with Gasteiger partial charge in [-0.05, 0) is 31.5 Å². The van der Waals surface area contributed by atoms with Crippen molar-refractivity contribution in [2.24, 2.45) is 0 Å². The van der Waals surface area contributed by atoms with Crippen LogP contribution in [0.1, 0.15) is 46.2 Å². The average Bonchev–Trinajstić information content (AvgIpc) is 2.99. The molecule has 0 saturated heterocycles. The lowest BCUT2D eigenvalue weighted by atomic mass is 10.1. The van der Waals surface area contributed by atoms with Gasteiger partial charge in [-0.15, -0.1) is 0 Å². The minimum absolute atomic E-state index is 0.236. The summed E-state index contributed by atoms with van der Waals surface area (Å²) in [7, 11) is 0. The van der Waals surface area contributed by atoms with E-state index in [9.17, 15) is 9.59 Å². The highest BCUT2D eigenvalue weighted by molar-refractivity contribution is 6.09. The summed E-state index contributed by atoms with van der Waals surface area (Å²) in [5.41, 5.74) is 2.15. The number of benzene rings is 2. The van der Waals surface area contributed by atoms with Crippen molar-refractivity contribution in [3.05, 3.63) is 65.4 Å². The summed E-state index contributed by atoms with van der Waals surface area (Å²) in [6, 6.07) is 14.3. The molecule has 0 bridgehead atoms. The zero-order chi connectivity index (χ0) is 18.5. The monoisotopic (exact) mass is 351 g/mol. The second-order valence-corrected chi connectivity index (χ2v) is 6.04. The Balaban J connectivity index is 1.83. The summed E-state index contributed by atoms with van der Waals surface area (Å²) in [4.78, 5) is 25.0. The van der Waals surface area contributed by atoms with Crippen molar-refractivity contribution in [1.82, 2.24) is 0 Å². The molecule has 1 amide bonds. The molecule has 2 aromatic carbocycles. The molecule has 3 rings (SSSR count). The summed E-state index contributed by atoms with van der Waals surface area (Å²) in [6.07, 6.45) is 1.75. The van der Waals surface area contributed by atoms with Crippen molar-refractivity contribution < 1.29 is 18.7 Å². The van der Waals surface area contributed by atoms with Gasteiger partial charge in [-0.1, -0.05) is 43.7 Å². The number of esters is 1. The fourth-order valence-corrected chi connectivity index (χ4v) is 2.73. The van der Waals surface area contributed by atoms with E-state index < -0.39 is 11.9 Å². The number of rotatable bonds is 6. The first-order chi connectivity index (χ1) is 12.6. The third kappa shape index (κ3) is 3.61. The van der Waals surface area contributed by atoms with Crippen LogP contribution in [0.4, 0.5) is 5.69 Å². The molecular weight excluding hydrogens is 330 g/mol. The molecule has 26 heavy (non-hydrogen) atoms. The maximum atomic E-state index is 12.7. The Labute approximate surface area is 152 Å². The van der Waals surface area contributed by atoms with Gasteiger partial charge in [0.05, 0.1) is 17.9 Å². The van der Waals surface area contributed by atoms with Crippen LogP contribution in [-0.4, -0.2) is 18.5 Å². The Kier molecular flexibility index (Phi) is 5.37. The van der Waals surface area contributed by atoms with Gasteiger partial charge in [0.15, 0.2) is 5.76 Å². The lowest BCUT2D eigenvalue weighted by Crippen LogP contribution is -2.16. The van der Waals surface area contributed by atoms with E-state index in [1.54, 1.807) is 24.3 Å². The second kappa shape index (κ2) is 7.87. The average molecular weight is 351 g/mol. The highest BCUT2D eigenvalue weighted by Crippen LogP contribution is 2.26. The zero-order valence-corrected chi connectivity index (χ0v) is 14.9. The van der Waals surface area contributed by atoms with E-state index in [1.807, 2.05) is 38.1 Å². The Hall–Kier alpha value is -3.08. The van der Waals surface area contributed by atoms with Crippen LogP contribution in [0.5, 0.6) is 0 Å². The summed E-state index contributed by atoms with van der Waals surface area (Å²) in [5.74, 6) is -0.608. The van der Waals surface area contributed by atoms with Crippen molar-refractivity contribution in [1.29, 1.82) is 0 Å². The number of aryl methyl sites for hydroxylation is 1. The maximum absolute atomic E-state index is 12.7. The minimum Gasteiger partial charge on any atom is -0.462 e. The predicted molar refractivity (Wildman–Crippen MR) is 101 cm³/mol. The molecule has 1 aromatic heterocycles. The Morgan fingerprint density at radius 2 is 1.81 bits per heavy atom. The molecular formula is C21H21NO4. The summed E-state index contributed by atoms with van der Waals surface area (Å²) >= 11 is 0. The first kappa shape index (κ1) is 17.7. The number of unbranched alkanes of at least 4 members (excludes halogenated alkanes) is 1.